The summed E-state index contributed by atoms with van der Waals surface area (Å²) in [6.45, 7) is 10.1. The molecule has 3 nitrogen and oxygen atoms in total. The van der Waals surface area contributed by atoms with Gasteiger partial charge in [0.2, 0.25) is 0 Å². The van der Waals surface area contributed by atoms with Crippen LogP contribution in [0.4, 0.5) is 0 Å². The fourth-order valence-corrected chi connectivity index (χ4v) is 0.738. The highest BCUT2D eigenvalue weighted by atomic mass is 16.6. The molecule has 0 aromatic carbocycles. The van der Waals surface area contributed by atoms with Crippen molar-refractivity contribution < 1.29 is 14.3 Å². The van der Waals surface area contributed by atoms with E-state index in [0.29, 0.717) is 13.2 Å². The first-order valence-electron chi connectivity index (χ1n) is 4.50. The van der Waals surface area contributed by atoms with Crippen molar-refractivity contribution in [1.29, 1.82) is 0 Å². The summed E-state index contributed by atoms with van der Waals surface area (Å²) in [5.41, 5.74) is 1.05. The van der Waals surface area contributed by atoms with Crippen LogP contribution in [0, 0.1) is 0 Å². The van der Waals surface area contributed by atoms with Gasteiger partial charge in [-0.1, -0.05) is 5.57 Å². The normalized spacial score (nSPS) is 12.2. The first-order chi connectivity index (χ1) is 6.07. The van der Waals surface area contributed by atoms with Crippen LogP contribution in [0.2, 0.25) is 0 Å². The summed E-state index contributed by atoms with van der Waals surface area (Å²) in [6, 6.07) is 0. The minimum Gasteiger partial charge on any atom is -0.464 e. The van der Waals surface area contributed by atoms with Crippen LogP contribution in [0.5, 0.6) is 0 Å². The smallest absolute Gasteiger partial charge is 0.334 e. The second-order valence-corrected chi connectivity index (χ2v) is 2.97. The van der Waals surface area contributed by atoms with Crippen molar-refractivity contribution in [3.8, 4) is 0 Å². The lowest BCUT2D eigenvalue weighted by Crippen LogP contribution is -2.23. The van der Waals surface area contributed by atoms with E-state index in [9.17, 15) is 4.79 Å². The molecule has 0 spiro atoms. The number of hydrogen-bond donors (Lipinski definition) is 0. The summed E-state index contributed by atoms with van der Waals surface area (Å²) in [4.78, 5) is 11.0. The Labute approximate surface area is 79.7 Å². The molecule has 0 rings (SSSR count). The van der Waals surface area contributed by atoms with Gasteiger partial charge in [-0.15, -0.1) is 6.58 Å². The fourth-order valence-electron chi connectivity index (χ4n) is 0.738. The molecule has 1 atom stereocenters. The number of rotatable bonds is 6. The number of hydrogen-bond acceptors (Lipinski definition) is 3. The van der Waals surface area contributed by atoms with Gasteiger partial charge in [0, 0.05) is 0 Å². The molecule has 0 heterocycles. The van der Waals surface area contributed by atoms with E-state index in [2.05, 4.69) is 6.58 Å². The highest BCUT2D eigenvalue weighted by Crippen LogP contribution is 2.00. The average Bonchev–Trinajstić information content (AvgIpc) is 2.04. The third-order valence-electron chi connectivity index (χ3n) is 1.52. The lowest BCUT2D eigenvalue weighted by molar-refractivity contribution is -0.155. The van der Waals surface area contributed by atoms with Crippen molar-refractivity contribution in [2.45, 2.75) is 33.3 Å². The second-order valence-electron chi connectivity index (χ2n) is 2.97. The van der Waals surface area contributed by atoms with E-state index in [1.807, 2.05) is 6.92 Å². The predicted molar refractivity (Wildman–Crippen MR) is 51.5 cm³/mol. The molecule has 0 aliphatic heterocycles. The average molecular weight is 186 g/mol. The maximum atomic E-state index is 11.0. The van der Waals surface area contributed by atoms with Crippen LogP contribution in [0.25, 0.3) is 0 Å². The third kappa shape index (κ3) is 6.34. The standard InChI is InChI=1S/C10H18O3/c1-5-12-10(11)9(4)13-7-6-8(2)3/h9H,2,5-7H2,1,3-4H3. The molecular formula is C10H18O3. The molecule has 0 aliphatic rings. The number of carbonyl (C=O) groups excluding carboxylic acids is 1. The van der Waals surface area contributed by atoms with Gasteiger partial charge in [-0.05, 0) is 27.2 Å². The first-order valence-corrected chi connectivity index (χ1v) is 4.50. The molecule has 0 saturated carbocycles. The molecule has 1 unspecified atom stereocenters. The van der Waals surface area contributed by atoms with E-state index in [-0.39, 0.29) is 5.97 Å². The monoisotopic (exact) mass is 186 g/mol. The fraction of sp³-hybridized carbons (Fsp3) is 0.700. The van der Waals surface area contributed by atoms with Crippen LogP contribution in [0.15, 0.2) is 12.2 Å². The van der Waals surface area contributed by atoms with Crippen LogP contribution >= 0.6 is 0 Å². The minimum absolute atomic E-state index is 0.302. The summed E-state index contributed by atoms with van der Waals surface area (Å²) < 4.78 is 10.0. The van der Waals surface area contributed by atoms with Gasteiger partial charge >= 0.3 is 5.97 Å². The molecule has 3 heteroatoms. The van der Waals surface area contributed by atoms with Crippen LogP contribution < -0.4 is 0 Å². The van der Waals surface area contributed by atoms with Gasteiger partial charge in [-0.25, -0.2) is 4.79 Å². The van der Waals surface area contributed by atoms with Crippen LogP contribution in [-0.2, 0) is 14.3 Å². The Balaban J connectivity index is 3.55. The van der Waals surface area contributed by atoms with Crippen LogP contribution in [-0.4, -0.2) is 25.3 Å². The van der Waals surface area contributed by atoms with E-state index in [0.717, 1.165) is 12.0 Å². The van der Waals surface area contributed by atoms with Gasteiger partial charge < -0.3 is 9.47 Å². The van der Waals surface area contributed by atoms with Gasteiger partial charge in [-0.2, -0.15) is 0 Å². The van der Waals surface area contributed by atoms with Gasteiger partial charge in [0.15, 0.2) is 6.10 Å². The zero-order chi connectivity index (χ0) is 10.3. The van der Waals surface area contributed by atoms with Gasteiger partial charge in [-0.3, -0.25) is 0 Å². The highest BCUT2D eigenvalue weighted by molar-refractivity contribution is 5.74. The number of carbonyl (C=O) groups is 1. The van der Waals surface area contributed by atoms with Crippen molar-refractivity contribution in [1.82, 2.24) is 0 Å². The van der Waals surface area contributed by atoms with E-state index >= 15 is 0 Å². The van der Waals surface area contributed by atoms with Crippen molar-refractivity contribution in [2.75, 3.05) is 13.2 Å². The molecular weight excluding hydrogens is 168 g/mol. The summed E-state index contributed by atoms with van der Waals surface area (Å²) in [6.07, 6.45) is 0.309. The van der Waals surface area contributed by atoms with Gasteiger partial charge in [0.25, 0.3) is 0 Å². The molecule has 0 N–H and O–H groups in total. The molecule has 13 heavy (non-hydrogen) atoms. The van der Waals surface area contributed by atoms with Crippen LogP contribution in [0.1, 0.15) is 27.2 Å². The minimum atomic E-state index is -0.473. The topological polar surface area (TPSA) is 35.5 Å². The lowest BCUT2D eigenvalue weighted by atomic mass is 10.2. The van der Waals surface area contributed by atoms with Crippen molar-refractivity contribution in [3.63, 3.8) is 0 Å². The van der Waals surface area contributed by atoms with E-state index in [1.165, 1.54) is 0 Å². The zero-order valence-electron chi connectivity index (χ0n) is 8.63. The lowest BCUT2D eigenvalue weighted by Gasteiger charge is -2.11. The first kappa shape index (κ1) is 12.2. The molecule has 0 aromatic rings. The molecule has 0 radical (unpaired) electrons. The quantitative estimate of drug-likeness (QED) is 0.469. The Bertz CT molecular complexity index is 175. The molecule has 0 aromatic heterocycles. The molecule has 76 valence electrons. The van der Waals surface area contributed by atoms with Crippen molar-refractivity contribution in [3.05, 3.63) is 12.2 Å². The Morgan fingerprint density at radius 3 is 2.62 bits per heavy atom. The molecule has 0 saturated heterocycles. The maximum absolute atomic E-state index is 11.0. The van der Waals surface area contributed by atoms with E-state index in [4.69, 9.17) is 9.47 Å². The Morgan fingerprint density at radius 1 is 1.54 bits per heavy atom. The molecule has 0 aliphatic carbocycles. The Hall–Kier alpha value is -0.830. The SMILES string of the molecule is C=C(C)CCOC(C)C(=O)OCC. The summed E-state index contributed by atoms with van der Waals surface area (Å²) >= 11 is 0. The molecule has 0 bridgehead atoms. The zero-order valence-corrected chi connectivity index (χ0v) is 8.63. The Kier molecular flexibility index (Phi) is 6.24. The summed E-state index contributed by atoms with van der Waals surface area (Å²) in [7, 11) is 0. The van der Waals surface area contributed by atoms with E-state index < -0.39 is 6.10 Å². The number of esters is 1. The summed E-state index contributed by atoms with van der Waals surface area (Å²) in [5, 5.41) is 0. The second kappa shape index (κ2) is 6.66. The maximum Gasteiger partial charge on any atom is 0.334 e. The molecule has 0 fully saturated rings. The predicted octanol–water partition coefficient (Wildman–Crippen LogP) is 1.92. The number of ether oxygens (including phenoxy) is 2. The third-order valence-corrected chi connectivity index (χ3v) is 1.52. The summed E-state index contributed by atoms with van der Waals surface area (Å²) in [5.74, 6) is -0.302. The van der Waals surface area contributed by atoms with Gasteiger partial charge in [0.05, 0.1) is 13.2 Å². The van der Waals surface area contributed by atoms with E-state index in [1.54, 1.807) is 13.8 Å². The van der Waals surface area contributed by atoms with Crippen molar-refractivity contribution >= 4 is 5.97 Å². The highest BCUT2D eigenvalue weighted by Gasteiger charge is 2.13. The Morgan fingerprint density at radius 2 is 2.15 bits per heavy atom. The largest absolute Gasteiger partial charge is 0.464 e. The van der Waals surface area contributed by atoms with Crippen LogP contribution in [0.3, 0.4) is 0 Å². The van der Waals surface area contributed by atoms with Crippen molar-refractivity contribution in [2.24, 2.45) is 0 Å². The molecule has 0 amide bonds. The van der Waals surface area contributed by atoms with Gasteiger partial charge in [0.1, 0.15) is 0 Å².